The van der Waals surface area contributed by atoms with Crippen LogP contribution >= 0.6 is 11.6 Å². The first-order chi connectivity index (χ1) is 13.4. The zero-order chi connectivity index (χ0) is 20.5. The number of rotatable bonds is 10. The Balaban J connectivity index is 1.59. The lowest BCUT2D eigenvalue weighted by Gasteiger charge is -2.34. The number of nitrogens with one attached hydrogen (secondary N) is 1. The average Bonchev–Trinajstić information content (AvgIpc) is 2.67. The van der Waals surface area contributed by atoms with E-state index in [1.807, 2.05) is 0 Å². The molecule has 1 fully saturated rings. The van der Waals surface area contributed by atoms with Gasteiger partial charge in [-0.1, -0.05) is 24.6 Å². The van der Waals surface area contributed by atoms with Crippen LogP contribution in [0.3, 0.4) is 0 Å². The van der Waals surface area contributed by atoms with E-state index < -0.39 is 0 Å². The highest BCUT2D eigenvalue weighted by atomic mass is 35.5. The first-order valence-corrected chi connectivity index (χ1v) is 10.2. The van der Waals surface area contributed by atoms with E-state index in [1.165, 1.54) is 6.07 Å². The van der Waals surface area contributed by atoms with Gasteiger partial charge in [-0.15, -0.1) is 0 Å². The van der Waals surface area contributed by atoms with Gasteiger partial charge in [0.25, 0.3) is 0 Å². The van der Waals surface area contributed by atoms with Gasteiger partial charge in [0.1, 0.15) is 5.82 Å². The lowest BCUT2D eigenvalue weighted by atomic mass is 10.1. The van der Waals surface area contributed by atoms with E-state index in [0.717, 1.165) is 39.1 Å². The van der Waals surface area contributed by atoms with Gasteiger partial charge in [-0.05, 0) is 31.5 Å². The highest BCUT2D eigenvalue weighted by Crippen LogP contribution is 2.21. The monoisotopic (exact) mass is 412 g/mol. The smallest absolute Gasteiger partial charge is 0.220 e. The molecule has 28 heavy (non-hydrogen) atoms. The zero-order valence-electron chi connectivity index (χ0n) is 16.4. The summed E-state index contributed by atoms with van der Waals surface area (Å²) in [4.78, 5) is 27.3. The summed E-state index contributed by atoms with van der Waals surface area (Å²) in [7, 11) is 0. The Kier molecular flexibility index (Phi) is 9.15. The van der Waals surface area contributed by atoms with Crippen LogP contribution in [0.15, 0.2) is 18.2 Å². The molecule has 0 aromatic heterocycles. The molecule has 0 spiro atoms. The molecule has 2 rings (SSSR count). The van der Waals surface area contributed by atoms with Crippen LogP contribution < -0.4 is 11.1 Å². The number of halogens is 2. The van der Waals surface area contributed by atoms with Gasteiger partial charge in [0.2, 0.25) is 11.8 Å². The van der Waals surface area contributed by atoms with Crippen molar-refractivity contribution in [1.29, 1.82) is 0 Å². The Morgan fingerprint density at radius 1 is 1.25 bits per heavy atom. The predicted molar refractivity (Wildman–Crippen MR) is 108 cm³/mol. The molecule has 1 saturated heterocycles. The van der Waals surface area contributed by atoms with Crippen LogP contribution in [0.1, 0.15) is 31.7 Å². The lowest BCUT2D eigenvalue weighted by Crippen LogP contribution is -2.46. The topological polar surface area (TPSA) is 78.7 Å². The van der Waals surface area contributed by atoms with E-state index >= 15 is 0 Å². The molecule has 2 amide bonds. The summed E-state index contributed by atoms with van der Waals surface area (Å²) in [6.07, 6.45) is 1.67. The van der Waals surface area contributed by atoms with Gasteiger partial charge >= 0.3 is 0 Å². The van der Waals surface area contributed by atoms with Crippen molar-refractivity contribution in [2.24, 2.45) is 11.7 Å². The van der Waals surface area contributed by atoms with Crippen molar-refractivity contribution in [3.05, 3.63) is 34.6 Å². The van der Waals surface area contributed by atoms with E-state index in [0.29, 0.717) is 36.5 Å². The minimum atomic E-state index is -0.371. The van der Waals surface area contributed by atoms with Gasteiger partial charge in [0, 0.05) is 62.2 Å². The number of benzene rings is 1. The standard InChI is InChI=1S/C20H30ClFN4O2/c1-15(20(23)28)6-7-19(27)24-8-3-9-25-10-12-26(13-11-25)14-16-17(21)4-2-5-18(16)22/h2,4-5,15H,3,6-14H2,1H3,(H2,23,28)(H,24,27)/t15-/m0/s1. The number of hydrogen-bond acceptors (Lipinski definition) is 4. The fourth-order valence-corrected chi connectivity index (χ4v) is 3.41. The normalized spacial score (nSPS) is 16.7. The summed E-state index contributed by atoms with van der Waals surface area (Å²) >= 11 is 6.11. The van der Waals surface area contributed by atoms with E-state index in [1.54, 1.807) is 19.1 Å². The molecule has 6 nitrogen and oxygen atoms in total. The predicted octanol–water partition coefficient (Wildman–Crippen LogP) is 2.00. The average molecular weight is 413 g/mol. The molecule has 1 aliphatic rings. The van der Waals surface area contributed by atoms with Crippen LogP contribution in [0.2, 0.25) is 5.02 Å². The van der Waals surface area contributed by atoms with Gasteiger partial charge in [-0.2, -0.15) is 0 Å². The van der Waals surface area contributed by atoms with Gasteiger partial charge in [-0.3, -0.25) is 14.5 Å². The first-order valence-electron chi connectivity index (χ1n) is 9.80. The molecule has 1 aromatic rings. The van der Waals surface area contributed by atoms with Gasteiger partial charge in [0.05, 0.1) is 0 Å². The molecular formula is C20H30ClFN4O2. The second-order valence-corrected chi connectivity index (χ2v) is 7.77. The molecule has 0 unspecified atom stereocenters. The fraction of sp³-hybridized carbons (Fsp3) is 0.600. The highest BCUT2D eigenvalue weighted by molar-refractivity contribution is 6.31. The first kappa shape index (κ1) is 22.6. The van der Waals surface area contributed by atoms with Gasteiger partial charge in [0.15, 0.2) is 0 Å². The van der Waals surface area contributed by atoms with E-state index in [-0.39, 0.29) is 23.5 Å². The Hall–Kier alpha value is -1.70. The largest absolute Gasteiger partial charge is 0.369 e. The van der Waals surface area contributed by atoms with Crippen molar-refractivity contribution in [1.82, 2.24) is 15.1 Å². The maximum atomic E-state index is 13.9. The third kappa shape index (κ3) is 7.37. The Labute approximate surface area is 171 Å². The Morgan fingerprint density at radius 2 is 1.93 bits per heavy atom. The lowest BCUT2D eigenvalue weighted by molar-refractivity contribution is -0.123. The summed E-state index contributed by atoms with van der Waals surface area (Å²) in [6, 6.07) is 4.79. The molecule has 1 aromatic carbocycles. The molecule has 0 aliphatic carbocycles. The van der Waals surface area contributed by atoms with Crippen LogP contribution in [0.4, 0.5) is 4.39 Å². The fourth-order valence-electron chi connectivity index (χ4n) is 3.19. The number of hydrogen-bond donors (Lipinski definition) is 2. The van der Waals surface area contributed by atoms with Crippen LogP contribution in [-0.2, 0) is 16.1 Å². The van der Waals surface area contributed by atoms with Crippen molar-refractivity contribution in [2.75, 3.05) is 39.3 Å². The van der Waals surface area contributed by atoms with Crippen molar-refractivity contribution in [3.63, 3.8) is 0 Å². The molecule has 3 N–H and O–H groups in total. The number of carbonyl (C=O) groups excluding carboxylic acids is 2. The minimum Gasteiger partial charge on any atom is -0.369 e. The van der Waals surface area contributed by atoms with Gasteiger partial charge < -0.3 is 16.0 Å². The summed E-state index contributed by atoms with van der Waals surface area (Å²) < 4.78 is 13.9. The zero-order valence-corrected chi connectivity index (χ0v) is 17.2. The number of piperazine rings is 1. The molecular weight excluding hydrogens is 383 g/mol. The third-order valence-electron chi connectivity index (χ3n) is 5.17. The summed E-state index contributed by atoms with van der Waals surface area (Å²) in [6.45, 7) is 7.34. The van der Waals surface area contributed by atoms with E-state index in [9.17, 15) is 14.0 Å². The van der Waals surface area contributed by atoms with Gasteiger partial charge in [-0.25, -0.2) is 4.39 Å². The highest BCUT2D eigenvalue weighted by Gasteiger charge is 2.19. The SMILES string of the molecule is C[C@@H](CCC(=O)NCCCN1CCN(Cc2c(F)cccc2Cl)CC1)C(N)=O. The molecule has 0 saturated carbocycles. The van der Waals surface area contributed by atoms with Crippen LogP contribution in [0.25, 0.3) is 0 Å². The summed E-state index contributed by atoms with van der Waals surface area (Å²) in [5.74, 6) is -0.943. The number of nitrogens with two attached hydrogens (primary N) is 1. The maximum Gasteiger partial charge on any atom is 0.220 e. The van der Waals surface area contributed by atoms with Crippen LogP contribution in [0.5, 0.6) is 0 Å². The van der Waals surface area contributed by atoms with Crippen molar-refractivity contribution < 1.29 is 14.0 Å². The summed E-state index contributed by atoms with van der Waals surface area (Å²) in [5, 5.41) is 3.36. The Morgan fingerprint density at radius 3 is 2.57 bits per heavy atom. The van der Waals surface area contributed by atoms with Crippen LogP contribution in [-0.4, -0.2) is 60.9 Å². The Bertz CT molecular complexity index is 645. The molecule has 1 aliphatic heterocycles. The minimum absolute atomic E-state index is 0.0420. The number of carbonyl (C=O) groups is 2. The van der Waals surface area contributed by atoms with Crippen molar-refractivity contribution in [3.8, 4) is 0 Å². The van der Waals surface area contributed by atoms with Crippen LogP contribution in [0, 0.1) is 11.7 Å². The number of amides is 2. The number of nitrogens with zero attached hydrogens (tertiary/aromatic N) is 2. The molecule has 1 atom stereocenters. The molecule has 156 valence electrons. The molecule has 0 radical (unpaired) electrons. The molecule has 0 bridgehead atoms. The summed E-state index contributed by atoms with van der Waals surface area (Å²) in [5.41, 5.74) is 5.75. The van der Waals surface area contributed by atoms with E-state index in [2.05, 4.69) is 15.1 Å². The van der Waals surface area contributed by atoms with Crippen molar-refractivity contribution in [2.45, 2.75) is 32.7 Å². The molecule has 1 heterocycles. The molecule has 8 heteroatoms. The van der Waals surface area contributed by atoms with Crippen molar-refractivity contribution >= 4 is 23.4 Å². The quantitative estimate of drug-likeness (QED) is 0.576. The number of primary amides is 1. The van der Waals surface area contributed by atoms with E-state index in [4.69, 9.17) is 17.3 Å². The third-order valence-corrected chi connectivity index (χ3v) is 5.53. The second kappa shape index (κ2) is 11.3. The maximum absolute atomic E-state index is 13.9. The second-order valence-electron chi connectivity index (χ2n) is 7.36.